The van der Waals surface area contributed by atoms with Crippen molar-refractivity contribution >= 4 is 16.8 Å². The van der Waals surface area contributed by atoms with Crippen molar-refractivity contribution < 1.29 is 22.7 Å². The van der Waals surface area contributed by atoms with E-state index in [1.54, 1.807) is 6.92 Å². The van der Waals surface area contributed by atoms with Gasteiger partial charge in [0.25, 0.3) is 11.5 Å². The number of pyridine rings is 1. The van der Waals surface area contributed by atoms with Crippen molar-refractivity contribution in [3.8, 4) is 5.75 Å². The Labute approximate surface area is 164 Å². The lowest BCUT2D eigenvalue weighted by Crippen LogP contribution is -2.28. The summed E-state index contributed by atoms with van der Waals surface area (Å²) >= 11 is 0. The zero-order valence-electron chi connectivity index (χ0n) is 15.6. The van der Waals surface area contributed by atoms with Crippen molar-refractivity contribution in [3.05, 3.63) is 76.1 Å². The molecular weight excluding hydrogens is 385 g/mol. The van der Waals surface area contributed by atoms with E-state index in [4.69, 9.17) is 4.74 Å². The van der Waals surface area contributed by atoms with Crippen LogP contribution in [0, 0.1) is 0 Å². The minimum absolute atomic E-state index is 0.0974. The average molecular weight is 404 g/mol. The van der Waals surface area contributed by atoms with Gasteiger partial charge in [-0.15, -0.1) is 0 Å². The van der Waals surface area contributed by atoms with Gasteiger partial charge in [-0.3, -0.25) is 9.59 Å². The second-order valence-corrected chi connectivity index (χ2v) is 6.37. The van der Waals surface area contributed by atoms with E-state index in [-0.39, 0.29) is 35.7 Å². The molecule has 0 bridgehead atoms. The van der Waals surface area contributed by atoms with Crippen LogP contribution in [0.25, 0.3) is 10.9 Å². The van der Waals surface area contributed by atoms with Crippen LogP contribution in [0.15, 0.2) is 59.4 Å². The fourth-order valence-electron chi connectivity index (χ4n) is 3.01. The van der Waals surface area contributed by atoms with Crippen LogP contribution >= 0.6 is 0 Å². The molecule has 5 nitrogen and oxygen atoms in total. The predicted molar refractivity (Wildman–Crippen MR) is 103 cm³/mol. The van der Waals surface area contributed by atoms with Gasteiger partial charge >= 0.3 is 6.18 Å². The van der Waals surface area contributed by atoms with Crippen LogP contribution in [-0.2, 0) is 24.1 Å². The number of carbonyl (C=O) groups excluding carboxylic acids is 1. The molecule has 0 aliphatic carbocycles. The molecule has 0 spiro atoms. The number of hydrogen-bond acceptors (Lipinski definition) is 3. The lowest BCUT2D eigenvalue weighted by atomic mass is 10.1. The lowest BCUT2D eigenvalue weighted by Gasteiger charge is -2.15. The van der Waals surface area contributed by atoms with E-state index >= 15 is 0 Å². The highest BCUT2D eigenvalue weighted by Gasteiger charge is 2.33. The Bertz CT molecular complexity index is 1080. The summed E-state index contributed by atoms with van der Waals surface area (Å²) in [6.07, 6.45) is -4.65. The predicted octanol–water partition coefficient (Wildman–Crippen LogP) is 3.74. The quantitative estimate of drug-likeness (QED) is 0.681. The largest absolute Gasteiger partial charge is 0.484 e. The number of halogens is 3. The van der Waals surface area contributed by atoms with Crippen LogP contribution in [0.1, 0.15) is 18.1 Å². The molecule has 1 amide bonds. The maximum atomic E-state index is 13.3. The van der Waals surface area contributed by atoms with Gasteiger partial charge < -0.3 is 14.6 Å². The summed E-state index contributed by atoms with van der Waals surface area (Å²) in [6.45, 7) is 1.91. The minimum Gasteiger partial charge on any atom is -0.484 e. The Hall–Kier alpha value is -3.29. The monoisotopic (exact) mass is 404 g/mol. The molecule has 0 unspecified atom stereocenters. The van der Waals surface area contributed by atoms with Gasteiger partial charge in [-0.2, -0.15) is 13.2 Å². The Morgan fingerprint density at radius 2 is 1.83 bits per heavy atom. The summed E-state index contributed by atoms with van der Waals surface area (Å²) in [5, 5.41) is 2.60. The van der Waals surface area contributed by atoms with Gasteiger partial charge in [-0.1, -0.05) is 30.3 Å². The summed E-state index contributed by atoms with van der Waals surface area (Å²) in [6, 6.07) is 13.9. The van der Waals surface area contributed by atoms with Gasteiger partial charge in [-0.25, -0.2) is 0 Å². The molecule has 2 aromatic carbocycles. The standard InChI is InChI=1S/C21H19F3N2O3/c1-2-26-18-10-15(8-9-16(18)17(11-20(26)28)21(22,23)24)29-13-19(27)25-12-14-6-4-3-5-7-14/h3-11H,2,12-13H2,1H3,(H,25,27). The van der Waals surface area contributed by atoms with Gasteiger partial charge in [-0.05, 0) is 24.6 Å². The van der Waals surface area contributed by atoms with E-state index in [2.05, 4.69) is 5.32 Å². The summed E-state index contributed by atoms with van der Waals surface area (Å²) in [5.74, 6) is -0.167. The maximum Gasteiger partial charge on any atom is 0.417 e. The molecule has 8 heteroatoms. The molecule has 1 N–H and O–H groups in total. The first-order chi connectivity index (χ1) is 13.8. The fourth-order valence-corrected chi connectivity index (χ4v) is 3.01. The van der Waals surface area contributed by atoms with E-state index in [9.17, 15) is 22.8 Å². The number of rotatable bonds is 6. The molecule has 29 heavy (non-hydrogen) atoms. The third-order valence-electron chi connectivity index (χ3n) is 4.41. The Kier molecular flexibility index (Phi) is 5.91. The smallest absolute Gasteiger partial charge is 0.417 e. The number of hydrogen-bond donors (Lipinski definition) is 1. The molecule has 0 saturated heterocycles. The number of amides is 1. The molecule has 0 saturated carbocycles. The Balaban J connectivity index is 1.78. The molecule has 1 aromatic heterocycles. The Morgan fingerprint density at radius 3 is 2.48 bits per heavy atom. The third kappa shape index (κ3) is 4.77. The van der Waals surface area contributed by atoms with Crippen molar-refractivity contribution in [3.63, 3.8) is 0 Å². The van der Waals surface area contributed by atoms with Crippen LogP contribution in [0.3, 0.4) is 0 Å². The maximum absolute atomic E-state index is 13.3. The molecule has 0 aliphatic rings. The number of aryl methyl sites for hydroxylation is 1. The van der Waals surface area contributed by atoms with Crippen molar-refractivity contribution in [1.82, 2.24) is 9.88 Å². The second-order valence-electron chi connectivity index (χ2n) is 6.37. The SMILES string of the molecule is CCn1c(=O)cc(C(F)(F)F)c2ccc(OCC(=O)NCc3ccccc3)cc21. The molecule has 0 aliphatic heterocycles. The Morgan fingerprint density at radius 1 is 1.10 bits per heavy atom. The van der Waals surface area contributed by atoms with E-state index in [0.29, 0.717) is 12.6 Å². The molecule has 152 valence electrons. The van der Waals surface area contributed by atoms with E-state index in [1.807, 2.05) is 30.3 Å². The number of alkyl halides is 3. The zero-order valence-corrected chi connectivity index (χ0v) is 15.6. The van der Waals surface area contributed by atoms with Crippen molar-refractivity contribution in [2.75, 3.05) is 6.61 Å². The normalized spacial score (nSPS) is 11.4. The molecule has 3 rings (SSSR count). The van der Waals surface area contributed by atoms with Crippen LogP contribution in [0.2, 0.25) is 0 Å². The molecule has 0 radical (unpaired) electrons. The minimum atomic E-state index is -4.65. The number of nitrogens with zero attached hydrogens (tertiary/aromatic N) is 1. The van der Waals surface area contributed by atoms with E-state index in [1.165, 1.54) is 22.8 Å². The lowest BCUT2D eigenvalue weighted by molar-refractivity contribution is -0.136. The zero-order chi connectivity index (χ0) is 21.0. The summed E-state index contributed by atoms with van der Waals surface area (Å²) < 4.78 is 46.5. The summed E-state index contributed by atoms with van der Waals surface area (Å²) in [4.78, 5) is 24.1. The number of carbonyl (C=O) groups is 1. The van der Waals surface area contributed by atoms with Gasteiger partial charge in [0, 0.05) is 30.6 Å². The summed E-state index contributed by atoms with van der Waals surface area (Å²) in [5.41, 5.74) is -0.702. The van der Waals surface area contributed by atoms with Gasteiger partial charge in [0.2, 0.25) is 0 Å². The van der Waals surface area contributed by atoms with Crippen molar-refractivity contribution in [2.24, 2.45) is 0 Å². The number of nitrogens with one attached hydrogen (secondary N) is 1. The molecular formula is C21H19F3N2O3. The van der Waals surface area contributed by atoms with Gasteiger partial charge in [0.15, 0.2) is 6.61 Å². The number of benzene rings is 2. The van der Waals surface area contributed by atoms with E-state index in [0.717, 1.165) is 5.56 Å². The van der Waals surface area contributed by atoms with Gasteiger partial charge in [0.1, 0.15) is 5.75 Å². The van der Waals surface area contributed by atoms with Crippen LogP contribution in [0.5, 0.6) is 5.75 Å². The van der Waals surface area contributed by atoms with Crippen LogP contribution in [0.4, 0.5) is 13.2 Å². The number of ether oxygens (including phenoxy) is 1. The molecule has 0 fully saturated rings. The molecule has 0 atom stereocenters. The van der Waals surface area contributed by atoms with E-state index < -0.39 is 17.3 Å². The first-order valence-corrected chi connectivity index (χ1v) is 8.98. The van der Waals surface area contributed by atoms with Crippen LogP contribution < -0.4 is 15.6 Å². The summed E-state index contributed by atoms with van der Waals surface area (Å²) in [7, 11) is 0. The number of fused-ring (bicyclic) bond motifs is 1. The highest BCUT2D eigenvalue weighted by atomic mass is 19.4. The number of aromatic nitrogens is 1. The fraction of sp³-hybridized carbons (Fsp3) is 0.238. The van der Waals surface area contributed by atoms with Crippen LogP contribution in [-0.4, -0.2) is 17.1 Å². The van der Waals surface area contributed by atoms with Crippen molar-refractivity contribution in [2.45, 2.75) is 26.2 Å². The third-order valence-corrected chi connectivity index (χ3v) is 4.41. The molecule has 1 heterocycles. The highest BCUT2D eigenvalue weighted by molar-refractivity contribution is 5.84. The first-order valence-electron chi connectivity index (χ1n) is 8.98. The van der Waals surface area contributed by atoms with Gasteiger partial charge in [0.05, 0.1) is 11.1 Å². The first kappa shape index (κ1) is 20.4. The second kappa shape index (κ2) is 8.38. The highest BCUT2D eigenvalue weighted by Crippen LogP contribution is 2.34. The topological polar surface area (TPSA) is 60.3 Å². The van der Waals surface area contributed by atoms with Crippen molar-refractivity contribution in [1.29, 1.82) is 0 Å². The molecule has 3 aromatic rings. The average Bonchev–Trinajstić information content (AvgIpc) is 2.70.